The maximum atomic E-state index is 12.4. The van der Waals surface area contributed by atoms with Crippen LogP contribution in [0.15, 0.2) is 71.2 Å². The Hall–Kier alpha value is -3.52. The van der Waals surface area contributed by atoms with Crippen LogP contribution in [0.25, 0.3) is 11.3 Å². The fourth-order valence-corrected chi connectivity index (χ4v) is 2.94. The number of nitrogens with one attached hydrogen (secondary N) is 1. The quantitative estimate of drug-likeness (QED) is 0.547. The van der Waals surface area contributed by atoms with Crippen LogP contribution in [0.4, 0.5) is 0 Å². The lowest BCUT2D eigenvalue weighted by molar-refractivity contribution is 0.0950. The van der Waals surface area contributed by atoms with Gasteiger partial charge in [0.2, 0.25) is 0 Å². The van der Waals surface area contributed by atoms with Crippen LogP contribution in [-0.4, -0.2) is 20.9 Å². The van der Waals surface area contributed by atoms with Gasteiger partial charge in [-0.3, -0.25) is 14.8 Å². The van der Waals surface area contributed by atoms with Gasteiger partial charge in [0.05, 0.1) is 30.5 Å². The van der Waals surface area contributed by atoms with Crippen LogP contribution in [0.2, 0.25) is 0 Å². The zero-order valence-corrected chi connectivity index (χ0v) is 14.8. The lowest BCUT2D eigenvalue weighted by atomic mass is 10.1. The molecule has 27 heavy (non-hydrogen) atoms. The normalized spacial score (nSPS) is 10.5. The molecule has 0 saturated carbocycles. The topological polar surface area (TPSA) is 90.1 Å². The lowest BCUT2D eigenvalue weighted by Crippen LogP contribution is -2.23. The summed E-state index contributed by atoms with van der Waals surface area (Å²) in [4.78, 5) is 25.1. The molecule has 4 aromatic rings. The van der Waals surface area contributed by atoms with Crippen LogP contribution in [0.3, 0.4) is 0 Å². The van der Waals surface area contributed by atoms with E-state index in [2.05, 4.69) is 20.3 Å². The predicted octanol–water partition coefficient (Wildman–Crippen LogP) is 3.92. The highest BCUT2D eigenvalue weighted by molar-refractivity contribution is 7.11. The van der Waals surface area contributed by atoms with Crippen LogP contribution in [0.5, 0.6) is 10.9 Å². The molecule has 4 rings (SSSR count). The number of carbonyl (C=O) groups excluding carboxylic acids is 1. The lowest BCUT2D eigenvalue weighted by Gasteiger charge is -2.08. The summed E-state index contributed by atoms with van der Waals surface area (Å²) in [7, 11) is 0. The molecule has 3 heterocycles. The van der Waals surface area contributed by atoms with E-state index in [0.717, 1.165) is 5.56 Å². The summed E-state index contributed by atoms with van der Waals surface area (Å²) < 4.78 is 10.7. The second-order valence-electron chi connectivity index (χ2n) is 5.47. The molecule has 1 aromatic carbocycles. The van der Waals surface area contributed by atoms with E-state index in [1.807, 2.05) is 5.38 Å². The molecule has 8 heteroatoms. The standard InChI is InChI=1S/C19H14N4O3S/c24-18(13-1-3-15(4-2-13)26-19-22-8-10-27-19)23-11-16-17(21-7-6-20-16)14-5-9-25-12-14/h1-10,12H,11H2,(H,23,24). The molecule has 0 radical (unpaired) electrons. The number of carbonyl (C=O) groups is 1. The van der Waals surface area contributed by atoms with E-state index in [-0.39, 0.29) is 12.5 Å². The van der Waals surface area contributed by atoms with E-state index in [1.165, 1.54) is 11.3 Å². The fraction of sp³-hybridized carbons (Fsp3) is 0.0526. The number of furan rings is 1. The summed E-state index contributed by atoms with van der Waals surface area (Å²) in [5.74, 6) is 0.414. The van der Waals surface area contributed by atoms with Crippen molar-refractivity contribution >= 4 is 17.2 Å². The molecule has 1 amide bonds. The van der Waals surface area contributed by atoms with Crippen molar-refractivity contribution in [3.05, 3.63) is 78.1 Å². The average molecular weight is 378 g/mol. The average Bonchev–Trinajstić information content (AvgIpc) is 3.41. The van der Waals surface area contributed by atoms with Crippen molar-refractivity contribution in [3.8, 4) is 22.2 Å². The van der Waals surface area contributed by atoms with E-state index in [1.54, 1.807) is 61.4 Å². The van der Waals surface area contributed by atoms with Gasteiger partial charge in [0.15, 0.2) is 0 Å². The fourth-order valence-electron chi connectivity index (χ4n) is 2.44. The molecule has 134 valence electrons. The van der Waals surface area contributed by atoms with Gasteiger partial charge in [0.1, 0.15) is 5.75 Å². The minimum absolute atomic E-state index is 0.209. The first-order chi connectivity index (χ1) is 13.3. The Morgan fingerprint density at radius 2 is 1.93 bits per heavy atom. The highest BCUT2D eigenvalue weighted by Gasteiger charge is 2.12. The molecule has 0 atom stereocenters. The number of ether oxygens (including phenoxy) is 1. The molecule has 0 spiro atoms. The Balaban J connectivity index is 1.41. The first kappa shape index (κ1) is 16.9. The largest absolute Gasteiger partial charge is 0.472 e. The van der Waals surface area contributed by atoms with Crippen LogP contribution in [0, 0.1) is 0 Å². The van der Waals surface area contributed by atoms with Crippen molar-refractivity contribution in [2.75, 3.05) is 0 Å². The van der Waals surface area contributed by atoms with Gasteiger partial charge in [-0.2, -0.15) is 0 Å². The highest BCUT2D eigenvalue weighted by atomic mass is 32.1. The van der Waals surface area contributed by atoms with Crippen LogP contribution in [0.1, 0.15) is 16.1 Å². The van der Waals surface area contributed by atoms with Crippen molar-refractivity contribution in [1.29, 1.82) is 0 Å². The maximum Gasteiger partial charge on any atom is 0.278 e. The van der Waals surface area contributed by atoms with Gasteiger partial charge in [0.25, 0.3) is 11.1 Å². The molecule has 0 aliphatic carbocycles. The van der Waals surface area contributed by atoms with E-state index in [9.17, 15) is 4.79 Å². The Morgan fingerprint density at radius 3 is 2.67 bits per heavy atom. The third kappa shape index (κ3) is 4.01. The molecular formula is C19H14N4O3S. The van der Waals surface area contributed by atoms with Gasteiger partial charge in [-0.25, -0.2) is 4.98 Å². The SMILES string of the molecule is O=C(NCc1nccnc1-c1ccoc1)c1ccc(Oc2nccs2)cc1. The third-order valence-corrected chi connectivity index (χ3v) is 4.36. The van der Waals surface area contributed by atoms with Crippen molar-refractivity contribution in [2.24, 2.45) is 0 Å². The van der Waals surface area contributed by atoms with E-state index in [0.29, 0.717) is 27.9 Å². The molecule has 0 saturated heterocycles. The zero-order valence-electron chi connectivity index (χ0n) is 14.0. The maximum absolute atomic E-state index is 12.4. The van der Waals surface area contributed by atoms with Crippen molar-refractivity contribution in [2.45, 2.75) is 6.54 Å². The smallest absolute Gasteiger partial charge is 0.278 e. The van der Waals surface area contributed by atoms with Gasteiger partial charge in [0, 0.05) is 35.1 Å². The number of nitrogens with zero attached hydrogens (tertiary/aromatic N) is 3. The van der Waals surface area contributed by atoms with Crippen LogP contribution < -0.4 is 10.1 Å². The highest BCUT2D eigenvalue weighted by Crippen LogP contribution is 2.23. The molecule has 7 nitrogen and oxygen atoms in total. The summed E-state index contributed by atoms with van der Waals surface area (Å²) >= 11 is 1.40. The minimum Gasteiger partial charge on any atom is -0.472 e. The van der Waals surface area contributed by atoms with Gasteiger partial charge in [-0.05, 0) is 30.3 Å². The molecule has 0 aliphatic heterocycles. The number of hydrogen-bond acceptors (Lipinski definition) is 7. The molecule has 0 aliphatic rings. The number of rotatable bonds is 6. The molecule has 1 N–H and O–H groups in total. The summed E-state index contributed by atoms with van der Waals surface area (Å²) in [6.07, 6.45) is 8.04. The third-order valence-electron chi connectivity index (χ3n) is 3.72. The Kier molecular flexibility index (Phi) is 4.88. The Labute approximate surface area is 158 Å². The predicted molar refractivity (Wildman–Crippen MR) is 99.5 cm³/mol. The van der Waals surface area contributed by atoms with Gasteiger partial charge in [-0.15, -0.1) is 0 Å². The van der Waals surface area contributed by atoms with Gasteiger partial charge >= 0.3 is 0 Å². The van der Waals surface area contributed by atoms with E-state index >= 15 is 0 Å². The molecule has 0 bridgehead atoms. The summed E-state index contributed by atoms with van der Waals surface area (Å²) in [6, 6.07) is 8.67. The first-order valence-electron chi connectivity index (χ1n) is 8.07. The molecular weight excluding hydrogens is 364 g/mol. The number of amides is 1. The van der Waals surface area contributed by atoms with Gasteiger partial charge < -0.3 is 14.5 Å². The number of benzene rings is 1. The molecule has 3 aromatic heterocycles. The monoisotopic (exact) mass is 378 g/mol. The van der Waals surface area contributed by atoms with Crippen molar-refractivity contribution in [3.63, 3.8) is 0 Å². The number of hydrogen-bond donors (Lipinski definition) is 1. The van der Waals surface area contributed by atoms with Crippen LogP contribution >= 0.6 is 11.3 Å². The summed E-state index contributed by atoms with van der Waals surface area (Å²) in [5.41, 5.74) is 2.68. The minimum atomic E-state index is -0.209. The zero-order chi connectivity index (χ0) is 18.5. The van der Waals surface area contributed by atoms with Crippen LogP contribution in [-0.2, 0) is 6.54 Å². The Morgan fingerprint density at radius 1 is 1.07 bits per heavy atom. The number of thiazole rings is 1. The van der Waals surface area contributed by atoms with E-state index in [4.69, 9.17) is 9.15 Å². The number of aromatic nitrogens is 3. The summed E-state index contributed by atoms with van der Waals surface area (Å²) in [6.45, 7) is 0.255. The Bertz CT molecular complexity index is 1020. The van der Waals surface area contributed by atoms with Gasteiger partial charge in [-0.1, -0.05) is 11.3 Å². The summed E-state index contributed by atoms with van der Waals surface area (Å²) in [5, 5.41) is 5.25. The van der Waals surface area contributed by atoms with Crippen molar-refractivity contribution in [1.82, 2.24) is 20.3 Å². The first-order valence-corrected chi connectivity index (χ1v) is 8.95. The van der Waals surface area contributed by atoms with E-state index < -0.39 is 0 Å². The molecule has 0 fully saturated rings. The molecule has 0 unspecified atom stereocenters. The second-order valence-corrected chi connectivity index (χ2v) is 6.33. The van der Waals surface area contributed by atoms with Crippen molar-refractivity contribution < 1.29 is 13.9 Å². The second kappa shape index (κ2) is 7.79.